The van der Waals surface area contributed by atoms with Crippen LogP contribution < -0.4 is 0 Å². The van der Waals surface area contributed by atoms with Crippen LogP contribution in [0.3, 0.4) is 0 Å². The number of carbonyl (C=O) groups excluding carboxylic acids is 3. The van der Waals surface area contributed by atoms with Crippen LogP contribution in [-0.2, 0) is 28.6 Å². The fraction of sp³-hybridized carbons (Fsp3) is 0.868. The van der Waals surface area contributed by atoms with E-state index in [2.05, 4.69) is 6.08 Å². The van der Waals surface area contributed by atoms with Gasteiger partial charge in [-0.1, -0.05) is 46.3 Å². The molecule has 0 bridgehead atoms. The van der Waals surface area contributed by atoms with Crippen molar-refractivity contribution >= 4 is 17.5 Å². The summed E-state index contributed by atoms with van der Waals surface area (Å²) in [5.74, 6) is -2.70. The lowest BCUT2D eigenvalue weighted by Crippen LogP contribution is -2.66. The Kier molecular flexibility index (Phi) is 10.4. The molecule has 0 aromatic heterocycles. The van der Waals surface area contributed by atoms with Crippen LogP contribution in [0.1, 0.15) is 101 Å². The Morgan fingerprint density at radius 2 is 1.59 bits per heavy atom. The van der Waals surface area contributed by atoms with Gasteiger partial charge in [-0.05, 0) is 69.1 Å². The third kappa shape index (κ3) is 6.16. The molecule has 1 heterocycles. The summed E-state index contributed by atoms with van der Waals surface area (Å²) in [4.78, 5) is 40.0. The van der Waals surface area contributed by atoms with Gasteiger partial charge in [0.15, 0.2) is 12.1 Å². The first-order chi connectivity index (χ1) is 23.3. The highest BCUT2D eigenvalue weighted by Gasteiger charge is 2.74. The molecule has 15 atom stereocenters. The number of carbonyl (C=O) groups is 3. The van der Waals surface area contributed by atoms with E-state index in [0.717, 1.165) is 5.57 Å². The highest BCUT2D eigenvalue weighted by Crippen LogP contribution is 2.74. The summed E-state index contributed by atoms with van der Waals surface area (Å²) >= 11 is 0. The molecule has 0 aromatic rings. The Morgan fingerprint density at radius 3 is 2.18 bits per heavy atom. The van der Waals surface area contributed by atoms with Gasteiger partial charge in [0.2, 0.25) is 0 Å². The standard InChI is InChI=1S/C38H60O13/c1-18(40)51-33(2,3)13-12-25(43)38(9,48)30-22(42)15-35(6)24-11-10-19-20(37(24,8)26(44)16-36(30,35)7)14-21(41)31(34(19,4)5)50-32-29(47)28(46)27(45)23(17-39)49-32/h10,20-24,27-32,39,41-42,45-48H,11-17H2,1-9H3/t20?,21-,22+,23+,24?,27+,28-,29+,30?,31+,32-,35-,36+,37-,38?/m0/s1. The monoisotopic (exact) mass is 724 g/mol. The van der Waals surface area contributed by atoms with Crippen LogP contribution >= 0.6 is 0 Å². The van der Waals surface area contributed by atoms with Gasteiger partial charge in [-0.15, -0.1) is 0 Å². The lowest BCUT2D eigenvalue weighted by molar-refractivity contribution is -0.327. The number of ether oxygens (including phenoxy) is 3. The second-order valence-electron chi connectivity index (χ2n) is 18.2. The Hall–Kier alpha value is -1.81. The molecule has 0 radical (unpaired) electrons. The predicted molar refractivity (Wildman–Crippen MR) is 181 cm³/mol. The fourth-order valence-electron chi connectivity index (χ4n) is 11.4. The first-order valence-corrected chi connectivity index (χ1v) is 18.3. The van der Waals surface area contributed by atoms with Crippen molar-refractivity contribution in [2.24, 2.45) is 39.4 Å². The van der Waals surface area contributed by atoms with Crippen molar-refractivity contribution in [1.82, 2.24) is 0 Å². The normalized spacial score (nSPS) is 46.2. The van der Waals surface area contributed by atoms with Crippen molar-refractivity contribution in [3.8, 4) is 0 Å². The highest BCUT2D eigenvalue weighted by molar-refractivity contribution is 5.90. The quantitative estimate of drug-likeness (QED) is 0.132. The molecule has 5 aliphatic rings. The largest absolute Gasteiger partial charge is 0.460 e. The molecular formula is C38H60O13. The van der Waals surface area contributed by atoms with Crippen LogP contribution in [0.5, 0.6) is 0 Å². The number of hydrogen-bond donors (Lipinski definition) is 7. The van der Waals surface area contributed by atoms with E-state index in [4.69, 9.17) is 14.2 Å². The summed E-state index contributed by atoms with van der Waals surface area (Å²) < 4.78 is 17.1. The van der Waals surface area contributed by atoms with E-state index >= 15 is 0 Å². The van der Waals surface area contributed by atoms with Crippen LogP contribution in [0.15, 0.2) is 11.6 Å². The maximum absolute atomic E-state index is 14.7. The van der Waals surface area contributed by atoms with Crippen LogP contribution in [0, 0.1) is 39.4 Å². The first-order valence-electron chi connectivity index (χ1n) is 18.3. The first kappa shape index (κ1) is 40.4. The smallest absolute Gasteiger partial charge is 0.303 e. The molecule has 1 aliphatic heterocycles. The number of rotatable bonds is 9. The molecule has 290 valence electrons. The molecule has 0 amide bonds. The van der Waals surface area contributed by atoms with E-state index in [1.54, 1.807) is 13.8 Å². The molecule has 4 unspecified atom stereocenters. The average molecular weight is 725 g/mol. The van der Waals surface area contributed by atoms with Gasteiger partial charge in [0.1, 0.15) is 41.4 Å². The van der Waals surface area contributed by atoms with E-state index in [1.807, 2.05) is 34.6 Å². The lowest BCUT2D eigenvalue weighted by Gasteiger charge is -2.65. The van der Waals surface area contributed by atoms with Crippen LogP contribution in [-0.4, -0.2) is 120 Å². The molecule has 5 rings (SSSR count). The Balaban J connectivity index is 1.44. The minimum Gasteiger partial charge on any atom is -0.460 e. The molecule has 1 saturated heterocycles. The van der Waals surface area contributed by atoms with Gasteiger partial charge in [-0.2, -0.15) is 0 Å². The third-order valence-corrected chi connectivity index (χ3v) is 14.3. The van der Waals surface area contributed by atoms with Gasteiger partial charge >= 0.3 is 5.97 Å². The summed E-state index contributed by atoms with van der Waals surface area (Å²) in [5.41, 5.74) is -5.51. The minimum absolute atomic E-state index is 0.00565. The zero-order valence-electron chi connectivity index (χ0n) is 31.5. The zero-order valence-corrected chi connectivity index (χ0v) is 31.5. The molecule has 4 fully saturated rings. The van der Waals surface area contributed by atoms with Gasteiger partial charge in [-0.3, -0.25) is 14.4 Å². The van der Waals surface area contributed by atoms with Gasteiger partial charge in [0, 0.05) is 36.5 Å². The summed E-state index contributed by atoms with van der Waals surface area (Å²) in [6.07, 6.45) is -7.59. The maximum Gasteiger partial charge on any atom is 0.303 e. The number of Topliss-reactive ketones (excluding diaryl/α,β-unsaturated/α-hetero) is 2. The molecule has 51 heavy (non-hydrogen) atoms. The van der Waals surface area contributed by atoms with E-state index in [9.17, 15) is 50.1 Å². The SMILES string of the molecule is CC(=O)OC(C)(C)CCC(=O)C(C)(O)C1[C@H](O)C[C@@]2(C)C3CC=C4C(C[C@H](O)[C@@H](O[C@@H]5O[C@H](CO)[C@@H](O)[C@H](O)[C@H]5O)C4(C)C)[C@]3(C)C(=O)C[C@]12C. The van der Waals surface area contributed by atoms with E-state index in [0.29, 0.717) is 6.42 Å². The Morgan fingerprint density at radius 1 is 0.961 bits per heavy atom. The molecule has 0 aromatic carbocycles. The number of ketones is 2. The van der Waals surface area contributed by atoms with Crippen LogP contribution in [0.25, 0.3) is 0 Å². The van der Waals surface area contributed by atoms with E-state index in [-0.39, 0.29) is 43.8 Å². The van der Waals surface area contributed by atoms with Crippen molar-refractivity contribution in [3.05, 3.63) is 11.6 Å². The molecule has 3 saturated carbocycles. The number of allylic oxidation sites excluding steroid dienone is 1. The molecular weight excluding hydrogens is 664 g/mol. The zero-order chi connectivity index (χ0) is 38.4. The summed E-state index contributed by atoms with van der Waals surface area (Å²) in [7, 11) is 0. The molecule has 0 spiro atoms. The Bertz CT molecular complexity index is 1420. The third-order valence-electron chi connectivity index (χ3n) is 14.3. The van der Waals surface area contributed by atoms with Crippen molar-refractivity contribution in [2.75, 3.05) is 6.61 Å². The highest BCUT2D eigenvalue weighted by atomic mass is 16.7. The summed E-state index contributed by atoms with van der Waals surface area (Å²) in [6.45, 7) is 15.1. The summed E-state index contributed by atoms with van der Waals surface area (Å²) in [5, 5.41) is 76.3. The van der Waals surface area contributed by atoms with Crippen molar-refractivity contribution in [1.29, 1.82) is 0 Å². The number of esters is 1. The fourth-order valence-corrected chi connectivity index (χ4v) is 11.4. The number of fused-ring (bicyclic) bond motifs is 5. The number of hydrogen-bond acceptors (Lipinski definition) is 13. The average Bonchev–Trinajstić information content (AvgIpc) is 3.22. The van der Waals surface area contributed by atoms with Crippen LogP contribution in [0.4, 0.5) is 0 Å². The molecule has 13 nitrogen and oxygen atoms in total. The topological polar surface area (TPSA) is 221 Å². The molecule has 7 N–H and O–H groups in total. The van der Waals surface area contributed by atoms with Crippen LogP contribution in [0.2, 0.25) is 0 Å². The number of aliphatic hydroxyl groups is 7. The Labute approximate surface area is 300 Å². The predicted octanol–water partition coefficient (Wildman–Crippen LogP) is 1.34. The van der Waals surface area contributed by atoms with Gasteiger partial charge in [0.05, 0.1) is 24.9 Å². The second-order valence-corrected chi connectivity index (χ2v) is 18.2. The van der Waals surface area contributed by atoms with Crippen molar-refractivity contribution in [2.45, 2.75) is 161 Å². The second kappa shape index (κ2) is 13.2. The van der Waals surface area contributed by atoms with Crippen molar-refractivity contribution in [3.63, 3.8) is 0 Å². The lowest BCUT2D eigenvalue weighted by atomic mass is 9.38. The van der Waals surface area contributed by atoms with Gasteiger partial charge < -0.3 is 50.0 Å². The molecule has 13 heteroatoms. The van der Waals surface area contributed by atoms with E-state index < -0.39 is 112 Å². The van der Waals surface area contributed by atoms with E-state index in [1.165, 1.54) is 13.8 Å². The molecule has 4 aliphatic carbocycles. The van der Waals surface area contributed by atoms with Crippen molar-refractivity contribution < 1.29 is 64.3 Å². The van der Waals surface area contributed by atoms with Gasteiger partial charge in [0.25, 0.3) is 0 Å². The van der Waals surface area contributed by atoms with Gasteiger partial charge in [-0.25, -0.2) is 0 Å². The summed E-state index contributed by atoms with van der Waals surface area (Å²) in [6, 6.07) is 0. The number of aliphatic hydroxyl groups excluding tert-OH is 6. The maximum atomic E-state index is 14.7. The minimum atomic E-state index is -1.97.